The van der Waals surface area contributed by atoms with Crippen molar-refractivity contribution < 1.29 is 14.6 Å². The lowest BCUT2D eigenvalue weighted by atomic mass is 10.0. The van der Waals surface area contributed by atoms with E-state index < -0.39 is 0 Å². The average molecular weight is 821 g/mol. The van der Waals surface area contributed by atoms with Gasteiger partial charge in [-0.15, -0.1) is 0 Å². The van der Waals surface area contributed by atoms with Crippen LogP contribution in [0.15, 0.2) is 0 Å². The van der Waals surface area contributed by atoms with Gasteiger partial charge in [-0.05, 0) is 32.1 Å². The average Bonchev–Trinajstić information content (AvgIpc) is 3.23. The zero-order valence-corrected chi connectivity index (χ0v) is 40.4. The third-order valence-electron chi connectivity index (χ3n) is 12.9. The van der Waals surface area contributed by atoms with Crippen LogP contribution in [-0.4, -0.2) is 38.1 Å². The number of unbranched alkanes of at least 4 members (excludes halogenated alkanes) is 46. The molecule has 0 aliphatic heterocycles. The van der Waals surface area contributed by atoms with Crippen LogP contribution in [0.4, 0.5) is 0 Å². The van der Waals surface area contributed by atoms with Crippen molar-refractivity contribution in [1.82, 2.24) is 0 Å². The first-order valence-electron chi connectivity index (χ1n) is 27.7. The van der Waals surface area contributed by atoms with Crippen LogP contribution in [0, 0.1) is 0 Å². The van der Waals surface area contributed by atoms with E-state index in [0.29, 0.717) is 6.61 Å². The van der Waals surface area contributed by atoms with Crippen molar-refractivity contribution in [2.45, 2.75) is 322 Å². The van der Waals surface area contributed by atoms with E-state index in [2.05, 4.69) is 6.92 Å². The van der Waals surface area contributed by atoms with E-state index in [0.717, 1.165) is 32.8 Å². The Morgan fingerprint density at radius 1 is 0.190 bits per heavy atom. The summed E-state index contributed by atoms with van der Waals surface area (Å²) < 4.78 is 11.8. The lowest BCUT2D eigenvalue weighted by Gasteiger charge is -2.06. The zero-order chi connectivity index (χ0) is 41.6. The summed E-state index contributed by atoms with van der Waals surface area (Å²) in [5.74, 6) is 0. The minimum Gasteiger partial charge on any atom is -0.396 e. The maximum atomic E-state index is 8.82. The van der Waals surface area contributed by atoms with Crippen molar-refractivity contribution in [3.05, 3.63) is 0 Å². The largest absolute Gasteiger partial charge is 0.396 e. The maximum absolute atomic E-state index is 8.82. The highest BCUT2D eigenvalue weighted by atomic mass is 16.5. The SMILES string of the molecule is CCCCCCCCCCCOCCCCCCCCCCCCCCCCCCCCOCCCCCCCCCCCCCCCCCCCCCCCCO. The summed E-state index contributed by atoms with van der Waals surface area (Å²) in [6, 6.07) is 0. The number of aliphatic hydroxyl groups is 1. The summed E-state index contributed by atoms with van der Waals surface area (Å²) in [6.45, 7) is 6.63. The highest BCUT2D eigenvalue weighted by Crippen LogP contribution is 2.17. The molecule has 0 aromatic heterocycles. The molecule has 0 heterocycles. The molecule has 3 heteroatoms. The molecule has 0 fully saturated rings. The minimum absolute atomic E-state index is 0.371. The Kier molecular flexibility index (Phi) is 56.8. The van der Waals surface area contributed by atoms with Crippen LogP contribution in [-0.2, 0) is 9.47 Å². The molecule has 0 amide bonds. The highest BCUT2D eigenvalue weighted by molar-refractivity contribution is 4.54. The molecular formula is C55H112O3. The standard InChI is InChI=1S/C55H112O3/c1-2-3-4-5-6-32-37-42-47-52-57-53-48-43-38-34-29-25-21-17-13-14-18-22-26-30-35-40-45-50-55-58-54-49-44-39-33-28-24-20-16-12-10-8-7-9-11-15-19-23-27-31-36-41-46-51-56/h56H,2-55H2,1H3. The molecule has 0 unspecified atom stereocenters. The molecule has 0 aliphatic carbocycles. The minimum atomic E-state index is 0.371. The van der Waals surface area contributed by atoms with Gasteiger partial charge in [-0.25, -0.2) is 0 Å². The molecule has 0 radical (unpaired) electrons. The summed E-state index contributed by atoms with van der Waals surface area (Å²) in [5, 5.41) is 8.82. The predicted molar refractivity (Wildman–Crippen MR) is 261 cm³/mol. The van der Waals surface area contributed by atoms with Gasteiger partial charge in [0.2, 0.25) is 0 Å². The molecule has 0 aromatic rings. The zero-order valence-electron chi connectivity index (χ0n) is 40.4. The normalized spacial score (nSPS) is 11.7. The molecule has 0 aromatic carbocycles. The smallest absolute Gasteiger partial charge is 0.0466 e. The van der Waals surface area contributed by atoms with E-state index >= 15 is 0 Å². The first-order valence-corrected chi connectivity index (χ1v) is 27.7. The lowest BCUT2D eigenvalue weighted by molar-refractivity contribution is 0.125. The molecule has 58 heavy (non-hydrogen) atoms. The van der Waals surface area contributed by atoms with Crippen LogP contribution in [0.5, 0.6) is 0 Å². The van der Waals surface area contributed by atoms with Gasteiger partial charge in [0.15, 0.2) is 0 Å². The van der Waals surface area contributed by atoms with E-state index in [1.807, 2.05) is 0 Å². The second-order valence-electron chi connectivity index (χ2n) is 18.9. The molecule has 0 saturated carbocycles. The van der Waals surface area contributed by atoms with Gasteiger partial charge in [-0.1, -0.05) is 289 Å². The lowest BCUT2D eigenvalue weighted by Crippen LogP contribution is -1.97. The second-order valence-corrected chi connectivity index (χ2v) is 18.9. The monoisotopic (exact) mass is 821 g/mol. The van der Waals surface area contributed by atoms with E-state index in [9.17, 15) is 0 Å². The van der Waals surface area contributed by atoms with Gasteiger partial charge in [0, 0.05) is 33.0 Å². The Morgan fingerprint density at radius 2 is 0.328 bits per heavy atom. The predicted octanol–water partition coefficient (Wildman–Crippen LogP) is 19.1. The maximum Gasteiger partial charge on any atom is 0.0466 e. The van der Waals surface area contributed by atoms with Gasteiger partial charge in [0.1, 0.15) is 0 Å². The molecule has 350 valence electrons. The first-order chi connectivity index (χ1) is 28.9. The summed E-state index contributed by atoms with van der Waals surface area (Å²) in [6.07, 6.45) is 68.8. The molecule has 0 spiro atoms. The van der Waals surface area contributed by atoms with Gasteiger partial charge >= 0.3 is 0 Å². The second kappa shape index (κ2) is 56.9. The van der Waals surface area contributed by atoms with Crippen LogP contribution >= 0.6 is 0 Å². The molecule has 0 atom stereocenters. The topological polar surface area (TPSA) is 38.7 Å². The molecule has 0 bridgehead atoms. The van der Waals surface area contributed by atoms with Crippen molar-refractivity contribution in [1.29, 1.82) is 0 Å². The quantitative estimate of drug-likeness (QED) is 0.0621. The Bertz CT molecular complexity index is 611. The summed E-state index contributed by atoms with van der Waals surface area (Å²) in [5.41, 5.74) is 0. The fraction of sp³-hybridized carbons (Fsp3) is 1.00. The van der Waals surface area contributed by atoms with E-state index in [-0.39, 0.29) is 0 Å². The van der Waals surface area contributed by atoms with E-state index in [4.69, 9.17) is 14.6 Å². The van der Waals surface area contributed by atoms with Gasteiger partial charge in [-0.3, -0.25) is 0 Å². The molecule has 0 rings (SSSR count). The molecular weight excluding hydrogens is 709 g/mol. The molecule has 3 nitrogen and oxygen atoms in total. The van der Waals surface area contributed by atoms with Gasteiger partial charge in [0.05, 0.1) is 0 Å². The van der Waals surface area contributed by atoms with Crippen LogP contribution in [0.25, 0.3) is 0 Å². The highest BCUT2D eigenvalue weighted by Gasteiger charge is 1.99. The van der Waals surface area contributed by atoms with Gasteiger partial charge < -0.3 is 14.6 Å². The number of ether oxygens (including phenoxy) is 2. The van der Waals surface area contributed by atoms with Gasteiger partial charge in [0.25, 0.3) is 0 Å². The van der Waals surface area contributed by atoms with Crippen LogP contribution in [0.2, 0.25) is 0 Å². The first kappa shape index (κ1) is 57.9. The Morgan fingerprint density at radius 3 is 0.483 bits per heavy atom. The molecule has 0 saturated heterocycles. The van der Waals surface area contributed by atoms with E-state index in [1.165, 1.54) is 308 Å². The number of rotatable bonds is 55. The van der Waals surface area contributed by atoms with E-state index in [1.54, 1.807) is 0 Å². The Labute approximate surface area is 367 Å². The summed E-state index contributed by atoms with van der Waals surface area (Å²) >= 11 is 0. The Balaban J connectivity index is 3.05. The molecule has 1 N–H and O–H groups in total. The summed E-state index contributed by atoms with van der Waals surface area (Å²) in [4.78, 5) is 0. The number of hydrogen-bond donors (Lipinski definition) is 1. The van der Waals surface area contributed by atoms with Crippen molar-refractivity contribution in [3.8, 4) is 0 Å². The number of hydrogen-bond acceptors (Lipinski definition) is 3. The van der Waals surface area contributed by atoms with Crippen molar-refractivity contribution in [2.75, 3.05) is 33.0 Å². The third kappa shape index (κ3) is 55.9. The third-order valence-corrected chi connectivity index (χ3v) is 12.9. The number of aliphatic hydroxyl groups excluding tert-OH is 1. The fourth-order valence-electron chi connectivity index (χ4n) is 8.81. The fourth-order valence-corrected chi connectivity index (χ4v) is 8.81. The van der Waals surface area contributed by atoms with Crippen molar-refractivity contribution in [3.63, 3.8) is 0 Å². The van der Waals surface area contributed by atoms with Crippen LogP contribution in [0.3, 0.4) is 0 Å². The van der Waals surface area contributed by atoms with Crippen molar-refractivity contribution >= 4 is 0 Å². The van der Waals surface area contributed by atoms with Crippen LogP contribution < -0.4 is 0 Å². The van der Waals surface area contributed by atoms with Gasteiger partial charge in [-0.2, -0.15) is 0 Å². The Hall–Kier alpha value is -0.120. The molecule has 0 aliphatic rings. The van der Waals surface area contributed by atoms with Crippen LogP contribution in [0.1, 0.15) is 322 Å². The summed E-state index contributed by atoms with van der Waals surface area (Å²) in [7, 11) is 0. The van der Waals surface area contributed by atoms with Crippen molar-refractivity contribution in [2.24, 2.45) is 0 Å².